The first-order valence-electron chi connectivity index (χ1n) is 8.12. The van der Waals surface area contributed by atoms with E-state index in [1.54, 1.807) is 52.3 Å². The summed E-state index contributed by atoms with van der Waals surface area (Å²) in [4.78, 5) is 29.6. The third-order valence-electron chi connectivity index (χ3n) is 4.11. The van der Waals surface area contributed by atoms with Gasteiger partial charge in [0, 0.05) is 30.0 Å². The van der Waals surface area contributed by atoms with Gasteiger partial charge in [-0.05, 0) is 48.5 Å². The second kappa shape index (κ2) is 6.67. The van der Waals surface area contributed by atoms with Crippen LogP contribution in [0.2, 0.25) is 0 Å². The molecular weight excluding hydrogens is 332 g/mol. The topological polar surface area (TPSA) is 92.2 Å². The Balaban J connectivity index is 1.43. The Hall–Kier alpha value is -3.68. The highest BCUT2D eigenvalue weighted by atomic mass is 16.2. The predicted molar refractivity (Wildman–Crippen MR) is 96.5 cm³/mol. The predicted octanol–water partition coefficient (Wildman–Crippen LogP) is 2.05. The van der Waals surface area contributed by atoms with Crippen molar-refractivity contribution in [2.24, 2.45) is 0 Å². The minimum absolute atomic E-state index is 0.116. The number of nitrogens with one attached hydrogen (secondary N) is 2. The highest BCUT2D eigenvalue weighted by Crippen LogP contribution is 2.18. The molecule has 0 bridgehead atoms. The number of carbonyl (C=O) groups is 2. The second-order valence-corrected chi connectivity index (χ2v) is 5.77. The number of benzene rings is 2. The van der Waals surface area contributed by atoms with Gasteiger partial charge in [-0.1, -0.05) is 0 Å². The quantitative estimate of drug-likeness (QED) is 0.755. The number of urea groups is 1. The zero-order valence-electron chi connectivity index (χ0n) is 13.8. The molecule has 1 fully saturated rings. The SMILES string of the molecule is O=C(Nc1ccc(-n2cncn2)cc1)c1ccc(N2CCNC2=O)cc1. The van der Waals surface area contributed by atoms with Crippen molar-refractivity contribution in [3.8, 4) is 5.69 Å². The summed E-state index contributed by atoms with van der Waals surface area (Å²) in [6, 6.07) is 14.1. The number of anilines is 2. The van der Waals surface area contributed by atoms with E-state index in [-0.39, 0.29) is 11.9 Å². The Morgan fingerprint density at radius 3 is 2.38 bits per heavy atom. The molecule has 2 N–H and O–H groups in total. The average molecular weight is 348 g/mol. The Morgan fingerprint density at radius 1 is 1.04 bits per heavy atom. The molecule has 0 radical (unpaired) electrons. The molecule has 4 rings (SSSR count). The van der Waals surface area contributed by atoms with Gasteiger partial charge in [-0.15, -0.1) is 0 Å². The van der Waals surface area contributed by atoms with E-state index in [1.165, 1.54) is 6.33 Å². The van der Waals surface area contributed by atoms with E-state index in [4.69, 9.17) is 0 Å². The largest absolute Gasteiger partial charge is 0.336 e. The lowest BCUT2D eigenvalue weighted by Gasteiger charge is -2.14. The summed E-state index contributed by atoms with van der Waals surface area (Å²) >= 11 is 0. The lowest BCUT2D eigenvalue weighted by atomic mass is 10.1. The van der Waals surface area contributed by atoms with Gasteiger partial charge in [-0.25, -0.2) is 14.5 Å². The van der Waals surface area contributed by atoms with Crippen molar-refractivity contribution in [2.45, 2.75) is 0 Å². The molecule has 0 aliphatic carbocycles. The maximum Gasteiger partial charge on any atom is 0.321 e. The molecule has 130 valence electrons. The lowest BCUT2D eigenvalue weighted by Crippen LogP contribution is -2.27. The van der Waals surface area contributed by atoms with E-state index in [2.05, 4.69) is 20.7 Å². The summed E-state index contributed by atoms with van der Waals surface area (Å²) in [6.45, 7) is 1.26. The van der Waals surface area contributed by atoms with Crippen LogP contribution in [0.15, 0.2) is 61.2 Å². The van der Waals surface area contributed by atoms with Crippen molar-refractivity contribution in [3.63, 3.8) is 0 Å². The molecule has 1 saturated heterocycles. The Morgan fingerprint density at radius 2 is 1.77 bits per heavy atom. The van der Waals surface area contributed by atoms with Crippen LogP contribution in [0.5, 0.6) is 0 Å². The van der Waals surface area contributed by atoms with E-state index in [0.29, 0.717) is 24.3 Å². The van der Waals surface area contributed by atoms with Crippen molar-refractivity contribution in [1.82, 2.24) is 20.1 Å². The van der Waals surface area contributed by atoms with E-state index in [0.717, 1.165) is 11.4 Å². The average Bonchev–Trinajstić information content (AvgIpc) is 3.34. The van der Waals surface area contributed by atoms with Crippen LogP contribution in [-0.4, -0.2) is 39.8 Å². The van der Waals surface area contributed by atoms with Gasteiger partial charge in [0.15, 0.2) is 0 Å². The molecule has 8 nitrogen and oxygen atoms in total. The zero-order valence-corrected chi connectivity index (χ0v) is 13.8. The fourth-order valence-corrected chi connectivity index (χ4v) is 2.75. The molecule has 0 atom stereocenters. The van der Waals surface area contributed by atoms with Gasteiger partial charge in [0.25, 0.3) is 5.91 Å². The third kappa shape index (κ3) is 3.12. The van der Waals surface area contributed by atoms with E-state index in [9.17, 15) is 9.59 Å². The molecule has 2 aromatic carbocycles. The number of rotatable bonds is 4. The van der Waals surface area contributed by atoms with E-state index >= 15 is 0 Å². The van der Waals surface area contributed by atoms with Crippen molar-refractivity contribution < 1.29 is 9.59 Å². The number of carbonyl (C=O) groups excluding carboxylic acids is 2. The summed E-state index contributed by atoms with van der Waals surface area (Å²) in [5.41, 5.74) is 2.83. The van der Waals surface area contributed by atoms with Crippen LogP contribution >= 0.6 is 0 Å². The first-order chi connectivity index (χ1) is 12.7. The molecule has 0 unspecified atom stereocenters. The summed E-state index contributed by atoms with van der Waals surface area (Å²) in [5.74, 6) is -0.212. The van der Waals surface area contributed by atoms with Gasteiger partial charge in [0.1, 0.15) is 12.7 Å². The third-order valence-corrected chi connectivity index (χ3v) is 4.11. The summed E-state index contributed by atoms with van der Waals surface area (Å²) in [6.07, 6.45) is 3.07. The van der Waals surface area contributed by atoms with Crippen molar-refractivity contribution in [3.05, 3.63) is 66.7 Å². The number of hydrogen-bond donors (Lipinski definition) is 2. The van der Waals surface area contributed by atoms with Gasteiger partial charge in [0.05, 0.1) is 5.69 Å². The Labute approximate surface area is 149 Å². The Bertz CT molecular complexity index is 919. The smallest absolute Gasteiger partial charge is 0.321 e. The van der Waals surface area contributed by atoms with Gasteiger partial charge >= 0.3 is 6.03 Å². The van der Waals surface area contributed by atoms with Gasteiger partial charge in [-0.3, -0.25) is 9.69 Å². The minimum atomic E-state index is -0.212. The molecule has 0 saturated carbocycles. The monoisotopic (exact) mass is 348 g/mol. The summed E-state index contributed by atoms with van der Waals surface area (Å²) in [7, 11) is 0. The normalized spacial score (nSPS) is 13.5. The van der Waals surface area contributed by atoms with Crippen LogP contribution in [0.3, 0.4) is 0 Å². The van der Waals surface area contributed by atoms with Crippen LogP contribution in [0.4, 0.5) is 16.2 Å². The van der Waals surface area contributed by atoms with Crippen LogP contribution in [0.1, 0.15) is 10.4 Å². The molecule has 8 heteroatoms. The highest BCUT2D eigenvalue weighted by molar-refractivity contribution is 6.04. The summed E-state index contributed by atoms with van der Waals surface area (Å²) in [5, 5.41) is 9.66. The fourth-order valence-electron chi connectivity index (χ4n) is 2.75. The van der Waals surface area contributed by atoms with Crippen LogP contribution in [0, 0.1) is 0 Å². The fraction of sp³-hybridized carbons (Fsp3) is 0.111. The maximum atomic E-state index is 12.4. The van der Waals surface area contributed by atoms with Crippen molar-refractivity contribution in [2.75, 3.05) is 23.3 Å². The van der Waals surface area contributed by atoms with Gasteiger partial charge in [-0.2, -0.15) is 5.10 Å². The van der Waals surface area contributed by atoms with Crippen molar-refractivity contribution in [1.29, 1.82) is 0 Å². The summed E-state index contributed by atoms with van der Waals surface area (Å²) < 4.78 is 1.64. The molecule has 3 aromatic rings. The molecule has 2 heterocycles. The zero-order chi connectivity index (χ0) is 17.9. The van der Waals surface area contributed by atoms with Gasteiger partial charge in [0.2, 0.25) is 0 Å². The molecular formula is C18H16N6O2. The minimum Gasteiger partial charge on any atom is -0.336 e. The Kier molecular flexibility index (Phi) is 4.06. The van der Waals surface area contributed by atoms with Crippen LogP contribution in [0.25, 0.3) is 5.69 Å². The van der Waals surface area contributed by atoms with Crippen LogP contribution in [-0.2, 0) is 0 Å². The number of hydrogen-bond acceptors (Lipinski definition) is 4. The van der Waals surface area contributed by atoms with Crippen LogP contribution < -0.4 is 15.5 Å². The molecule has 3 amide bonds. The first-order valence-corrected chi connectivity index (χ1v) is 8.12. The second-order valence-electron chi connectivity index (χ2n) is 5.77. The first kappa shape index (κ1) is 15.8. The van der Waals surface area contributed by atoms with E-state index < -0.39 is 0 Å². The number of nitrogens with zero attached hydrogens (tertiary/aromatic N) is 4. The van der Waals surface area contributed by atoms with E-state index in [1.807, 2.05) is 12.1 Å². The highest BCUT2D eigenvalue weighted by Gasteiger charge is 2.21. The molecule has 0 spiro atoms. The molecule has 26 heavy (non-hydrogen) atoms. The number of amides is 3. The molecule has 1 aliphatic rings. The lowest BCUT2D eigenvalue weighted by molar-refractivity contribution is 0.102. The standard InChI is InChI=1S/C18H16N6O2/c25-17(13-1-5-15(6-2-13)23-10-9-20-18(23)26)22-14-3-7-16(8-4-14)24-12-19-11-21-24/h1-8,11-12H,9-10H2,(H,20,26)(H,22,25). The van der Waals surface area contributed by atoms with Gasteiger partial charge < -0.3 is 10.6 Å². The molecule has 1 aliphatic heterocycles. The maximum absolute atomic E-state index is 12.4. The molecule has 1 aromatic heterocycles. The number of aromatic nitrogens is 3. The van der Waals surface area contributed by atoms with Crippen molar-refractivity contribution >= 4 is 23.3 Å².